The molecule has 0 aromatic rings. The number of hydrogen-bond donors (Lipinski definition) is 2. The van der Waals surface area contributed by atoms with Gasteiger partial charge in [-0.3, -0.25) is 0 Å². The second kappa shape index (κ2) is 5.31. The molecule has 0 saturated heterocycles. The molecule has 0 bridgehead atoms. The van der Waals surface area contributed by atoms with Crippen LogP contribution in [-0.4, -0.2) is 23.3 Å². The Balaban J connectivity index is 1.75. The lowest BCUT2D eigenvalue weighted by Gasteiger charge is -2.35. The van der Waals surface area contributed by atoms with Crippen molar-refractivity contribution in [2.75, 3.05) is 0 Å². The molecule has 2 rings (SSSR count). The number of aliphatic hydroxyl groups is 1. The molecule has 0 aliphatic heterocycles. The van der Waals surface area contributed by atoms with Gasteiger partial charge in [0, 0.05) is 12.1 Å². The highest BCUT2D eigenvalue weighted by atomic mass is 16.3. The molecule has 0 aromatic heterocycles. The third-order valence-electron chi connectivity index (χ3n) is 4.20. The quantitative estimate of drug-likeness (QED) is 0.735. The van der Waals surface area contributed by atoms with Crippen LogP contribution in [0, 0.1) is 5.92 Å². The third kappa shape index (κ3) is 3.18. The molecule has 2 nitrogen and oxygen atoms in total. The van der Waals surface area contributed by atoms with Crippen molar-refractivity contribution in [1.82, 2.24) is 5.32 Å². The number of aliphatic hydroxyl groups excluding tert-OH is 1. The van der Waals surface area contributed by atoms with E-state index >= 15 is 0 Å². The standard InChI is InChI=1S/C13H25NO/c1-10-6-8-11(9-7-10)14-12-4-2-3-5-13(12)15/h10-15H,2-9H2,1H3/t10?,11?,12-,13+/m0/s1. The minimum Gasteiger partial charge on any atom is -0.392 e. The summed E-state index contributed by atoms with van der Waals surface area (Å²) in [6.45, 7) is 2.35. The molecule has 0 radical (unpaired) electrons. The summed E-state index contributed by atoms with van der Waals surface area (Å²) in [5.74, 6) is 0.916. The normalized spacial score (nSPS) is 42.8. The average molecular weight is 211 g/mol. The maximum atomic E-state index is 9.89. The van der Waals surface area contributed by atoms with Crippen molar-refractivity contribution < 1.29 is 5.11 Å². The lowest BCUT2D eigenvalue weighted by atomic mass is 9.85. The lowest BCUT2D eigenvalue weighted by molar-refractivity contribution is 0.0801. The molecule has 2 aliphatic rings. The molecule has 0 aromatic carbocycles. The zero-order chi connectivity index (χ0) is 10.7. The van der Waals surface area contributed by atoms with Crippen LogP contribution in [0.15, 0.2) is 0 Å². The molecule has 2 aliphatic carbocycles. The molecule has 0 spiro atoms. The Kier molecular flexibility index (Phi) is 4.04. The van der Waals surface area contributed by atoms with Gasteiger partial charge in [-0.05, 0) is 44.4 Å². The van der Waals surface area contributed by atoms with E-state index in [1.807, 2.05) is 0 Å². The Bertz CT molecular complexity index is 187. The van der Waals surface area contributed by atoms with E-state index in [0.717, 1.165) is 12.3 Å². The van der Waals surface area contributed by atoms with E-state index < -0.39 is 0 Å². The van der Waals surface area contributed by atoms with Gasteiger partial charge in [-0.2, -0.15) is 0 Å². The second-order valence-electron chi connectivity index (χ2n) is 5.58. The van der Waals surface area contributed by atoms with E-state index in [4.69, 9.17) is 0 Å². The summed E-state index contributed by atoms with van der Waals surface area (Å²) in [5, 5.41) is 13.6. The van der Waals surface area contributed by atoms with Gasteiger partial charge in [0.05, 0.1) is 6.10 Å². The molecule has 0 amide bonds. The third-order valence-corrected chi connectivity index (χ3v) is 4.20. The first-order chi connectivity index (χ1) is 7.25. The highest BCUT2D eigenvalue weighted by Gasteiger charge is 2.26. The molecule has 0 unspecified atom stereocenters. The molecule has 2 fully saturated rings. The smallest absolute Gasteiger partial charge is 0.0693 e. The van der Waals surface area contributed by atoms with Gasteiger partial charge in [-0.25, -0.2) is 0 Å². The number of nitrogens with one attached hydrogen (secondary N) is 1. The molecule has 2 atom stereocenters. The highest BCUT2D eigenvalue weighted by molar-refractivity contribution is 4.85. The second-order valence-corrected chi connectivity index (χ2v) is 5.58. The Morgan fingerprint density at radius 2 is 1.60 bits per heavy atom. The monoisotopic (exact) mass is 211 g/mol. The van der Waals surface area contributed by atoms with Crippen LogP contribution >= 0.6 is 0 Å². The van der Waals surface area contributed by atoms with E-state index in [1.165, 1.54) is 44.9 Å². The first-order valence-corrected chi connectivity index (χ1v) is 6.70. The van der Waals surface area contributed by atoms with Crippen molar-refractivity contribution in [3.8, 4) is 0 Å². The van der Waals surface area contributed by atoms with Crippen molar-refractivity contribution in [3.63, 3.8) is 0 Å². The zero-order valence-electron chi connectivity index (χ0n) is 9.91. The number of hydrogen-bond acceptors (Lipinski definition) is 2. The van der Waals surface area contributed by atoms with Crippen LogP contribution in [0.25, 0.3) is 0 Å². The largest absolute Gasteiger partial charge is 0.392 e. The molecule has 2 N–H and O–H groups in total. The fraction of sp³-hybridized carbons (Fsp3) is 1.00. The van der Waals surface area contributed by atoms with Crippen LogP contribution < -0.4 is 5.32 Å². The van der Waals surface area contributed by atoms with Gasteiger partial charge in [0.1, 0.15) is 0 Å². The Morgan fingerprint density at radius 1 is 0.933 bits per heavy atom. The van der Waals surface area contributed by atoms with Gasteiger partial charge in [-0.15, -0.1) is 0 Å². The van der Waals surface area contributed by atoms with Crippen LogP contribution in [0.5, 0.6) is 0 Å². The van der Waals surface area contributed by atoms with Crippen LogP contribution in [0.4, 0.5) is 0 Å². The fourth-order valence-electron chi connectivity index (χ4n) is 3.04. The summed E-state index contributed by atoms with van der Waals surface area (Å²) >= 11 is 0. The van der Waals surface area contributed by atoms with Gasteiger partial charge < -0.3 is 10.4 Å². The minimum atomic E-state index is -0.0851. The molecule has 2 heteroatoms. The van der Waals surface area contributed by atoms with Crippen molar-refractivity contribution in [3.05, 3.63) is 0 Å². The molecule has 2 saturated carbocycles. The topological polar surface area (TPSA) is 32.3 Å². The highest BCUT2D eigenvalue weighted by Crippen LogP contribution is 2.26. The summed E-state index contributed by atoms with van der Waals surface area (Å²) < 4.78 is 0. The predicted octanol–water partition coefficient (Wildman–Crippen LogP) is 2.46. The van der Waals surface area contributed by atoms with Crippen LogP contribution in [0.2, 0.25) is 0 Å². The van der Waals surface area contributed by atoms with E-state index in [0.29, 0.717) is 12.1 Å². The maximum absolute atomic E-state index is 9.89. The van der Waals surface area contributed by atoms with Gasteiger partial charge in [-0.1, -0.05) is 19.8 Å². The summed E-state index contributed by atoms with van der Waals surface area (Å²) in [6, 6.07) is 1.07. The van der Waals surface area contributed by atoms with Crippen LogP contribution in [-0.2, 0) is 0 Å². The van der Waals surface area contributed by atoms with Crippen molar-refractivity contribution >= 4 is 0 Å². The van der Waals surface area contributed by atoms with Crippen molar-refractivity contribution in [2.24, 2.45) is 5.92 Å². The van der Waals surface area contributed by atoms with Gasteiger partial charge in [0.15, 0.2) is 0 Å². The van der Waals surface area contributed by atoms with Crippen LogP contribution in [0.3, 0.4) is 0 Å². The minimum absolute atomic E-state index is 0.0851. The van der Waals surface area contributed by atoms with Gasteiger partial charge in [0.25, 0.3) is 0 Å². The fourth-order valence-corrected chi connectivity index (χ4v) is 3.04. The first kappa shape index (κ1) is 11.4. The Labute approximate surface area is 93.5 Å². The maximum Gasteiger partial charge on any atom is 0.0693 e. The van der Waals surface area contributed by atoms with E-state index in [-0.39, 0.29) is 6.10 Å². The van der Waals surface area contributed by atoms with E-state index in [1.54, 1.807) is 0 Å². The van der Waals surface area contributed by atoms with E-state index in [2.05, 4.69) is 12.2 Å². The molecule has 88 valence electrons. The number of rotatable bonds is 2. The van der Waals surface area contributed by atoms with Gasteiger partial charge >= 0.3 is 0 Å². The van der Waals surface area contributed by atoms with Gasteiger partial charge in [0.2, 0.25) is 0 Å². The lowest BCUT2D eigenvalue weighted by Crippen LogP contribution is -2.48. The molecular formula is C13H25NO. The summed E-state index contributed by atoms with van der Waals surface area (Å²) in [6.07, 6.45) is 9.93. The van der Waals surface area contributed by atoms with Crippen molar-refractivity contribution in [2.45, 2.75) is 76.5 Å². The van der Waals surface area contributed by atoms with Crippen molar-refractivity contribution in [1.29, 1.82) is 0 Å². The zero-order valence-corrected chi connectivity index (χ0v) is 9.91. The van der Waals surface area contributed by atoms with E-state index in [9.17, 15) is 5.11 Å². The summed E-state index contributed by atoms with van der Waals surface area (Å²) in [5.41, 5.74) is 0. The molecule has 0 heterocycles. The molecular weight excluding hydrogens is 186 g/mol. The summed E-state index contributed by atoms with van der Waals surface area (Å²) in [4.78, 5) is 0. The van der Waals surface area contributed by atoms with Crippen LogP contribution in [0.1, 0.15) is 58.3 Å². The first-order valence-electron chi connectivity index (χ1n) is 6.70. The Hall–Kier alpha value is -0.0800. The Morgan fingerprint density at radius 3 is 2.27 bits per heavy atom. The summed E-state index contributed by atoms with van der Waals surface area (Å²) in [7, 11) is 0. The SMILES string of the molecule is CC1CCC(N[C@H]2CCCC[C@H]2O)CC1. The predicted molar refractivity (Wildman–Crippen MR) is 62.8 cm³/mol. The molecule has 15 heavy (non-hydrogen) atoms. The average Bonchev–Trinajstić information content (AvgIpc) is 2.25.